The first-order chi connectivity index (χ1) is 29.2. The lowest BCUT2D eigenvalue weighted by Crippen LogP contribution is -2.10. The van der Waals surface area contributed by atoms with Crippen molar-refractivity contribution < 1.29 is 0 Å². The molecule has 1 heteroatoms. The van der Waals surface area contributed by atoms with E-state index >= 15 is 0 Å². The third-order valence-corrected chi connectivity index (χ3v) is 11.3. The molecule has 0 N–H and O–H groups in total. The molecule has 0 radical (unpaired) electrons. The summed E-state index contributed by atoms with van der Waals surface area (Å²) in [6.45, 7) is 0. The van der Waals surface area contributed by atoms with Crippen LogP contribution in [-0.4, -0.2) is 0 Å². The number of anilines is 3. The Kier molecular flexibility index (Phi) is 9.68. The van der Waals surface area contributed by atoms with Crippen molar-refractivity contribution in [3.63, 3.8) is 0 Å². The number of hydrogen-bond acceptors (Lipinski definition) is 1. The third kappa shape index (κ3) is 7.46. The number of hydrogen-bond donors (Lipinski definition) is 0. The average Bonchev–Trinajstić information content (AvgIpc) is 3.32. The molecule has 0 atom stereocenters. The van der Waals surface area contributed by atoms with Gasteiger partial charge < -0.3 is 4.90 Å². The van der Waals surface area contributed by atoms with Crippen molar-refractivity contribution >= 4 is 27.8 Å². The highest BCUT2D eigenvalue weighted by atomic mass is 15.1. The first-order valence-corrected chi connectivity index (χ1v) is 20.2. The van der Waals surface area contributed by atoms with Gasteiger partial charge in [-0.3, -0.25) is 0 Å². The lowest BCUT2D eigenvalue weighted by molar-refractivity contribution is 1.28. The Morgan fingerprint density at radius 1 is 0.186 bits per heavy atom. The predicted octanol–water partition coefficient (Wildman–Crippen LogP) is 16.3. The fourth-order valence-electron chi connectivity index (χ4n) is 8.22. The minimum Gasteiger partial charge on any atom is -0.310 e. The molecule has 0 bridgehead atoms. The number of nitrogens with zero attached hydrogens (tertiary/aromatic N) is 1. The van der Waals surface area contributed by atoms with Crippen LogP contribution in [0.4, 0.5) is 17.1 Å². The zero-order valence-corrected chi connectivity index (χ0v) is 32.6. The highest BCUT2D eigenvalue weighted by Crippen LogP contribution is 2.41. The summed E-state index contributed by atoms with van der Waals surface area (Å²) in [6.07, 6.45) is 0. The van der Waals surface area contributed by atoms with Gasteiger partial charge in [0.15, 0.2) is 0 Å². The normalized spacial score (nSPS) is 11.1. The molecule has 0 saturated heterocycles. The standard InChI is InChI=1S/C58H41N/c1-3-14-42(15-4-1)51-22-12-24-55(40-51)59(56-25-13-23-53(41-56)58-27-10-9-26-57(58)47-17-5-2-6-18-47)54-36-34-45(35-37-54)44-28-30-46(31-29-44)49-20-11-21-50(38-49)52-33-32-43-16-7-8-19-48(43)39-52/h1-41H. The van der Waals surface area contributed by atoms with Crippen molar-refractivity contribution in [2.24, 2.45) is 0 Å². The molecule has 0 aliphatic rings. The maximum Gasteiger partial charge on any atom is 0.0467 e. The maximum atomic E-state index is 2.37. The van der Waals surface area contributed by atoms with E-state index < -0.39 is 0 Å². The SMILES string of the molecule is c1ccc(-c2cccc(N(c3ccc(-c4ccc(-c5cccc(-c6ccc7ccccc7c6)c5)cc4)cc3)c3cccc(-c4ccccc4-c4ccccc4)c3)c2)cc1. The highest BCUT2D eigenvalue weighted by molar-refractivity contribution is 5.89. The van der Waals surface area contributed by atoms with Crippen LogP contribution in [0.2, 0.25) is 0 Å². The maximum absolute atomic E-state index is 2.37. The molecule has 0 aromatic heterocycles. The van der Waals surface area contributed by atoms with Gasteiger partial charge in [-0.15, -0.1) is 0 Å². The Morgan fingerprint density at radius 2 is 0.576 bits per heavy atom. The van der Waals surface area contributed by atoms with Crippen LogP contribution in [0, 0.1) is 0 Å². The zero-order valence-electron chi connectivity index (χ0n) is 32.6. The van der Waals surface area contributed by atoms with E-state index in [1.165, 1.54) is 77.5 Å². The summed E-state index contributed by atoms with van der Waals surface area (Å²) >= 11 is 0. The second-order valence-electron chi connectivity index (χ2n) is 15.0. The number of fused-ring (bicyclic) bond motifs is 1. The van der Waals surface area contributed by atoms with Gasteiger partial charge in [-0.05, 0) is 126 Å². The van der Waals surface area contributed by atoms with Crippen molar-refractivity contribution in [1.82, 2.24) is 0 Å². The molecule has 0 spiro atoms. The number of benzene rings is 10. The molecule has 0 amide bonds. The molecular formula is C58H41N. The number of rotatable bonds is 9. The Hall–Kier alpha value is -7.74. The molecule has 0 aliphatic carbocycles. The quantitative estimate of drug-likeness (QED) is 0.142. The summed E-state index contributed by atoms with van der Waals surface area (Å²) in [4.78, 5) is 2.37. The van der Waals surface area contributed by atoms with Crippen molar-refractivity contribution in [3.05, 3.63) is 249 Å². The van der Waals surface area contributed by atoms with E-state index in [2.05, 4.69) is 254 Å². The van der Waals surface area contributed by atoms with E-state index in [1.807, 2.05) is 0 Å². The van der Waals surface area contributed by atoms with Crippen LogP contribution in [0.1, 0.15) is 0 Å². The lowest BCUT2D eigenvalue weighted by atomic mass is 9.94. The molecule has 278 valence electrons. The highest BCUT2D eigenvalue weighted by Gasteiger charge is 2.16. The van der Waals surface area contributed by atoms with Crippen LogP contribution in [0.25, 0.3) is 77.5 Å². The fourth-order valence-corrected chi connectivity index (χ4v) is 8.22. The summed E-state index contributed by atoms with van der Waals surface area (Å²) in [6, 6.07) is 89.8. The van der Waals surface area contributed by atoms with Gasteiger partial charge in [0, 0.05) is 17.1 Å². The smallest absolute Gasteiger partial charge is 0.0467 e. The lowest BCUT2D eigenvalue weighted by Gasteiger charge is -2.27. The molecule has 10 rings (SSSR count). The Morgan fingerprint density at radius 3 is 1.24 bits per heavy atom. The van der Waals surface area contributed by atoms with Crippen molar-refractivity contribution in [1.29, 1.82) is 0 Å². The summed E-state index contributed by atoms with van der Waals surface area (Å²) in [5, 5.41) is 2.52. The minimum absolute atomic E-state index is 1.09. The van der Waals surface area contributed by atoms with E-state index in [4.69, 9.17) is 0 Å². The van der Waals surface area contributed by atoms with Crippen molar-refractivity contribution in [2.45, 2.75) is 0 Å². The van der Waals surface area contributed by atoms with E-state index in [0.717, 1.165) is 17.1 Å². The summed E-state index contributed by atoms with van der Waals surface area (Å²) in [5.74, 6) is 0. The molecule has 10 aromatic carbocycles. The molecule has 10 aromatic rings. The van der Waals surface area contributed by atoms with Gasteiger partial charge in [0.05, 0.1) is 0 Å². The Balaban J connectivity index is 0.983. The molecular weight excluding hydrogens is 711 g/mol. The topological polar surface area (TPSA) is 3.24 Å². The average molecular weight is 752 g/mol. The van der Waals surface area contributed by atoms with Crippen LogP contribution in [-0.2, 0) is 0 Å². The largest absolute Gasteiger partial charge is 0.310 e. The molecule has 0 unspecified atom stereocenters. The van der Waals surface area contributed by atoms with Crippen molar-refractivity contribution in [2.75, 3.05) is 4.90 Å². The van der Waals surface area contributed by atoms with Gasteiger partial charge in [-0.25, -0.2) is 0 Å². The first-order valence-electron chi connectivity index (χ1n) is 20.2. The van der Waals surface area contributed by atoms with Crippen LogP contribution in [0.3, 0.4) is 0 Å². The molecule has 0 saturated carbocycles. The van der Waals surface area contributed by atoms with Crippen LogP contribution in [0.15, 0.2) is 249 Å². The fraction of sp³-hybridized carbons (Fsp3) is 0. The molecule has 0 aliphatic heterocycles. The van der Waals surface area contributed by atoms with Gasteiger partial charge in [0.2, 0.25) is 0 Å². The van der Waals surface area contributed by atoms with E-state index in [1.54, 1.807) is 0 Å². The van der Waals surface area contributed by atoms with Gasteiger partial charge in [-0.2, -0.15) is 0 Å². The second-order valence-corrected chi connectivity index (χ2v) is 15.0. The summed E-state index contributed by atoms with van der Waals surface area (Å²) in [5.41, 5.74) is 17.7. The third-order valence-electron chi connectivity index (χ3n) is 11.3. The van der Waals surface area contributed by atoms with Crippen molar-refractivity contribution in [3.8, 4) is 66.8 Å². The van der Waals surface area contributed by atoms with Gasteiger partial charge in [0.1, 0.15) is 0 Å². The molecule has 0 heterocycles. The van der Waals surface area contributed by atoms with Gasteiger partial charge >= 0.3 is 0 Å². The summed E-state index contributed by atoms with van der Waals surface area (Å²) in [7, 11) is 0. The Labute approximate surface area is 346 Å². The second kappa shape index (κ2) is 16.0. The van der Waals surface area contributed by atoms with E-state index in [-0.39, 0.29) is 0 Å². The molecule has 1 nitrogen and oxygen atoms in total. The molecule has 0 fully saturated rings. The van der Waals surface area contributed by atoms with E-state index in [0.29, 0.717) is 0 Å². The first kappa shape index (κ1) is 35.7. The van der Waals surface area contributed by atoms with E-state index in [9.17, 15) is 0 Å². The molecule has 59 heavy (non-hydrogen) atoms. The monoisotopic (exact) mass is 751 g/mol. The zero-order chi connectivity index (χ0) is 39.4. The predicted molar refractivity (Wildman–Crippen MR) is 251 cm³/mol. The Bertz CT molecular complexity index is 3020. The van der Waals surface area contributed by atoms with Gasteiger partial charge in [-0.1, -0.05) is 200 Å². The summed E-state index contributed by atoms with van der Waals surface area (Å²) < 4.78 is 0. The van der Waals surface area contributed by atoms with Gasteiger partial charge in [0.25, 0.3) is 0 Å². The van der Waals surface area contributed by atoms with Crippen LogP contribution < -0.4 is 4.90 Å². The minimum atomic E-state index is 1.09. The van der Waals surface area contributed by atoms with Crippen LogP contribution in [0.5, 0.6) is 0 Å². The van der Waals surface area contributed by atoms with Crippen LogP contribution >= 0.6 is 0 Å².